The molecule has 23 atom stereocenters. The Hall–Kier alpha value is -3.22. The molecule has 4 heterocycles. The van der Waals surface area contributed by atoms with E-state index in [0.29, 0.717) is 12.8 Å². The monoisotopic (exact) mass is 1380 g/mol. The van der Waals surface area contributed by atoms with Gasteiger partial charge in [-0.05, 0) is 19.3 Å². The van der Waals surface area contributed by atoms with E-state index in [9.17, 15) is 90.7 Å². The average Bonchev–Trinajstić information content (AvgIpc) is 0.761. The lowest BCUT2D eigenvalue weighted by atomic mass is 9.88. The summed E-state index contributed by atoms with van der Waals surface area (Å²) < 4.78 is 47.9. The van der Waals surface area contributed by atoms with Crippen LogP contribution in [0.15, 0.2) is 12.2 Å². The maximum absolute atomic E-state index is 13.6. The summed E-state index contributed by atoms with van der Waals surface area (Å²) >= 11 is 0. The predicted octanol–water partition coefficient (Wildman–Crippen LogP) is 1.13. The van der Waals surface area contributed by atoms with E-state index in [-0.39, 0.29) is 12.3 Å². The van der Waals surface area contributed by atoms with Crippen LogP contribution in [0.2, 0.25) is 0 Å². The van der Waals surface area contributed by atoms with Gasteiger partial charge in [0.15, 0.2) is 18.9 Å². The standard InChI is InChI=1S/C67H121N3O26/c1-5-7-9-11-13-15-17-19-20-22-24-26-28-30-32-34-50(80)70-43(44(77)33-31-29-27-25-23-21-18-16-14-12-10-8-6-2)40-89-64-57(85)56(84)59(48(38-73)91-64)93-65-58(86)62(60(49(39-74)92-65)94-63-52(69-42(4)76)55(83)54(82)47(37-72)90-63)96-67(66(87)88)35-45(78)51(68-41(3)75)61(95-67)53(81)46(79)36-71/h31,33,43-49,51-65,71-74,77-79,81-86H,5-30,32,34-40H2,1-4H3,(H,68,75)(H,69,76)(H,70,80)(H,87,88)/b33-31+/t43-,44+,45-,46+,47+,48+,49+,51+,52+,53+,54-,55+,56+,57+,58+,59+,60-,61?,62+,63-,64+,65-,67-/m0/s1. The number of carbonyl (C=O) groups excluding carboxylic acids is 3. The molecule has 4 fully saturated rings. The summed E-state index contributed by atoms with van der Waals surface area (Å²) in [5, 5.41) is 163. The molecule has 3 amide bonds. The number of ether oxygens (including phenoxy) is 8. The molecule has 17 N–H and O–H groups in total. The van der Waals surface area contributed by atoms with Crippen LogP contribution >= 0.6 is 0 Å². The maximum atomic E-state index is 13.6. The number of carbonyl (C=O) groups is 4. The quantitative estimate of drug-likeness (QED) is 0.0300. The van der Waals surface area contributed by atoms with Crippen LogP contribution in [-0.2, 0) is 57.1 Å². The van der Waals surface area contributed by atoms with Crippen LogP contribution in [0.4, 0.5) is 0 Å². The fourth-order valence-corrected chi connectivity index (χ4v) is 12.8. The van der Waals surface area contributed by atoms with Crippen molar-refractivity contribution in [3.63, 3.8) is 0 Å². The number of aliphatic hydroxyl groups is 13. The van der Waals surface area contributed by atoms with Crippen LogP contribution in [0.25, 0.3) is 0 Å². The Labute approximate surface area is 565 Å². The number of allylic oxidation sites excluding steroid dienone is 1. The number of carboxylic acids is 1. The number of nitrogens with one attached hydrogen (secondary N) is 3. The fraction of sp³-hybridized carbons (Fsp3) is 0.910. The molecule has 96 heavy (non-hydrogen) atoms. The summed E-state index contributed by atoms with van der Waals surface area (Å²) in [5.74, 6) is -7.36. The van der Waals surface area contributed by atoms with Crippen molar-refractivity contribution >= 4 is 23.7 Å². The first-order valence-corrected chi connectivity index (χ1v) is 35.6. The van der Waals surface area contributed by atoms with Crippen molar-refractivity contribution in [3.05, 3.63) is 12.2 Å². The topological polar surface area (TPSA) is 461 Å². The summed E-state index contributed by atoms with van der Waals surface area (Å²) in [6.45, 7) is 1.73. The SMILES string of the molecule is CCCCCCCCCCCCC/C=C/[C@@H](O)[C@H](CO[C@@H]1O[C@H](CO)[C@@H](O[C@@H]2O[C@H](CO)[C@H](O[C@@H]3O[C@H](CO)[C@H](O)[C@H](O)[C@H]3NC(C)=O)[C@H](O[C@]3(C(=O)O)C[C@H](O)[C@@H](NC(C)=O)C([C@H](O)[C@H](O)CO)O3)[C@H]2O)[C@H](O)[C@H]1O)NC(=O)CCCCCCCCCCCCCCCCC. The number of aliphatic carboxylic acids is 1. The van der Waals surface area contributed by atoms with Crippen LogP contribution in [-0.4, -0.2) is 269 Å². The van der Waals surface area contributed by atoms with Gasteiger partial charge in [0.2, 0.25) is 17.7 Å². The first-order chi connectivity index (χ1) is 46.0. The van der Waals surface area contributed by atoms with Crippen LogP contribution in [0.5, 0.6) is 0 Å². The van der Waals surface area contributed by atoms with Gasteiger partial charge in [-0.15, -0.1) is 0 Å². The minimum absolute atomic E-state index is 0.162. The van der Waals surface area contributed by atoms with E-state index in [1.165, 1.54) is 109 Å². The fourth-order valence-electron chi connectivity index (χ4n) is 12.8. The van der Waals surface area contributed by atoms with Crippen molar-refractivity contribution in [3.8, 4) is 0 Å². The van der Waals surface area contributed by atoms with Crippen LogP contribution < -0.4 is 16.0 Å². The Balaban J connectivity index is 1.54. The summed E-state index contributed by atoms with van der Waals surface area (Å²) in [7, 11) is 0. The molecular weight excluding hydrogens is 1260 g/mol. The molecule has 0 bridgehead atoms. The van der Waals surface area contributed by atoms with Gasteiger partial charge in [0.1, 0.15) is 91.5 Å². The highest BCUT2D eigenvalue weighted by atomic mass is 16.8. The van der Waals surface area contributed by atoms with Gasteiger partial charge in [0, 0.05) is 26.7 Å². The second kappa shape index (κ2) is 46.3. The molecule has 4 saturated heterocycles. The molecular formula is C67H121N3O26. The van der Waals surface area contributed by atoms with E-state index in [0.717, 1.165) is 65.2 Å². The number of hydrogen-bond acceptors (Lipinski definition) is 25. The van der Waals surface area contributed by atoms with Gasteiger partial charge in [0.05, 0.1) is 57.3 Å². The van der Waals surface area contributed by atoms with Crippen LogP contribution in [0, 0.1) is 0 Å². The molecule has 0 radical (unpaired) electrons. The van der Waals surface area contributed by atoms with Crippen molar-refractivity contribution < 1.29 is 129 Å². The molecule has 29 nitrogen and oxygen atoms in total. The number of carboxylic acid groups (broad SMARTS) is 1. The summed E-state index contributed by atoms with van der Waals surface area (Å²) in [4.78, 5) is 51.9. The van der Waals surface area contributed by atoms with Gasteiger partial charge in [-0.3, -0.25) is 14.4 Å². The largest absolute Gasteiger partial charge is 0.477 e. The zero-order valence-corrected chi connectivity index (χ0v) is 57.1. The second-order valence-corrected chi connectivity index (χ2v) is 26.5. The molecule has 0 aromatic carbocycles. The van der Waals surface area contributed by atoms with Gasteiger partial charge < -0.3 is 125 Å². The Morgan fingerprint density at radius 1 is 0.542 bits per heavy atom. The molecule has 4 aliphatic heterocycles. The average molecular weight is 1380 g/mol. The molecule has 1 unspecified atom stereocenters. The second-order valence-electron chi connectivity index (χ2n) is 26.5. The van der Waals surface area contributed by atoms with Crippen molar-refractivity contribution in [2.24, 2.45) is 0 Å². The van der Waals surface area contributed by atoms with E-state index < -0.39 is 198 Å². The molecule has 29 heteroatoms. The highest BCUT2D eigenvalue weighted by molar-refractivity contribution is 5.77. The number of hydrogen-bond donors (Lipinski definition) is 17. The minimum Gasteiger partial charge on any atom is -0.477 e. The number of rotatable bonds is 49. The lowest BCUT2D eigenvalue weighted by Gasteiger charge is -2.52. The van der Waals surface area contributed by atoms with Crippen LogP contribution in [0.3, 0.4) is 0 Å². The lowest BCUT2D eigenvalue weighted by Crippen LogP contribution is -2.72. The van der Waals surface area contributed by atoms with Crippen molar-refractivity contribution in [1.29, 1.82) is 0 Å². The zero-order valence-electron chi connectivity index (χ0n) is 57.1. The number of unbranched alkanes of at least 4 members (excludes halogenated alkanes) is 25. The summed E-state index contributed by atoms with van der Waals surface area (Å²) in [5.41, 5.74) is 0. The van der Waals surface area contributed by atoms with Gasteiger partial charge in [0.25, 0.3) is 5.79 Å². The van der Waals surface area contributed by atoms with E-state index in [1.807, 2.05) is 6.08 Å². The Morgan fingerprint density at radius 2 is 1.01 bits per heavy atom. The molecule has 0 spiro atoms. The Kier molecular flexibility index (Phi) is 41.1. The smallest absolute Gasteiger partial charge is 0.364 e. The third-order valence-corrected chi connectivity index (χ3v) is 18.5. The van der Waals surface area contributed by atoms with Gasteiger partial charge in [-0.25, -0.2) is 4.79 Å². The van der Waals surface area contributed by atoms with Gasteiger partial charge in [-0.2, -0.15) is 0 Å². The summed E-state index contributed by atoms with van der Waals surface area (Å²) in [6.07, 6.45) is -4.64. The molecule has 0 aliphatic carbocycles. The van der Waals surface area contributed by atoms with Crippen LogP contribution in [0.1, 0.15) is 214 Å². The highest BCUT2D eigenvalue weighted by Crippen LogP contribution is 2.40. The Bertz CT molecular complexity index is 2180. The van der Waals surface area contributed by atoms with E-state index in [2.05, 4.69) is 29.8 Å². The summed E-state index contributed by atoms with van der Waals surface area (Å²) in [6, 6.07) is -4.52. The van der Waals surface area contributed by atoms with Crippen molar-refractivity contribution in [2.75, 3.05) is 33.0 Å². The minimum atomic E-state index is -3.28. The van der Waals surface area contributed by atoms with Gasteiger partial charge >= 0.3 is 5.97 Å². The first-order valence-electron chi connectivity index (χ1n) is 35.6. The number of aliphatic hydroxyl groups excluding tert-OH is 13. The molecule has 0 aromatic heterocycles. The van der Waals surface area contributed by atoms with Crippen molar-refractivity contribution in [2.45, 2.75) is 354 Å². The Morgan fingerprint density at radius 3 is 1.51 bits per heavy atom. The lowest BCUT2D eigenvalue weighted by molar-refractivity contribution is -0.401. The molecule has 4 rings (SSSR count). The first kappa shape index (κ1) is 85.2. The van der Waals surface area contributed by atoms with E-state index in [4.69, 9.17) is 37.9 Å². The molecule has 560 valence electrons. The third kappa shape index (κ3) is 27.6. The normalized spacial score (nSPS) is 32.3. The third-order valence-electron chi connectivity index (χ3n) is 18.5. The van der Waals surface area contributed by atoms with E-state index >= 15 is 0 Å². The highest BCUT2D eigenvalue weighted by Gasteiger charge is 2.61. The molecule has 0 aromatic rings. The number of amides is 3. The molecule has 0 saturated carbocycles. The van der Waals surface area contributed by atoms with Crippen molar-refractivity contribution in [1.82, 2.24) is 16.0 Å². The molecule has 4 aliphatic rings. The predicted molar refractivity (Wildman–Crippen MR) is 346 cm³/mol. The maximum Gasteiger partial charge on any atom is 0.364 e. The zero-order chi connectivity index (χ0) is 70.7. The van der Waals surface area contributed by atoms with Gasteiger partial charge in [-0.1, -0.05) is 180 Å². The van der Waals surface area contributed by atoms with E-state index in [1.54, 1.807) is 6.08 Å².